The Morgan fingerprint density at radius 2 is 1.76 bits per heavy atom. The minimum Gasteiger partial charge on any atom is -0.478 e. The van der Waals surface area contributed by atoms with Crippen molar-refractivity contribution in [1.82, 2.24) is 0 Å². The van der Waals surface area contributed by atoms with Gasteiger partial charge in [0.25, 0.3) is 0 Å². The number of hydrogen-bond acceptors (Lipinski definition) is 2. The highest BCUT2D eigenvalue weighted by Crippen LogP contribution is 2.09. The molecule has 0 rings (SSSR count). The van der Waals surface area contributed by atoms with Crippen molar-refractivity contribution in [2.75, 3.05) is 0 Å². The molecule has 0 aliphatic carbocycles. The van der Waals surface area contributed by atoms with Crippen LogP contribution in [0.2, 0.25) is 13.1 Å². The van der Waals surface area contributed by atoms with Crippen LogP contribution < -0.4 is 0 Å². The molecule has 3 nitrogen and oxygen atoms in total. The highest BCUT2D eigenvalue weighted by molar-refractivity contribution is 6.52. The zero-order valence-electron chi connectivity index (χ0n) is 11.8. The highest BCUT2D eigenvalue weighted by Gasteiger charge is 2.01. The Kier molecular flexibility index (Phi) is 15.2. The average molecular weight is 277 g/mol. The molecule has 0 amide bonds. The summed E-state index contributed by atoms with van der Waals surface area (Å²) in [5.74, 6) is -0.856. The van der Waals surface area contributed by atoms with Crippen molar-refractivity contribution in [3.05, 3.63) is 12.2 Å². The summed E-state index contributed by atoms with van der Waals surface area (Å²) in [5, 5.41) is 8.49. The maximum absolute atomic E-state index is 10.3. The first-order valence-electron chi connectivity index (χ1n) is 6.39. The standard InChI is InChI=1S/C10H18O2.C2H10OSi2/c1-3-4-5-6-7-8-9(2)10(11)12;1-5(2)3-4/h2-8H2,1H3,(H,11,12);5H,1-2,4H3. The van der Waals surface area contributed by atoms with E-state index in [1.165, 1.54) is 19.3 Å². The summed E-state index contributed by atoms with van der Waals surface area (Å²) >= 11 is 0. The van der Waals surface area contributed by atoms with Gasteiger partial charge in [-0.25, -0.2) is 4.79 Å². The molecule has 5 heteroatoms. The first-order valence-corrected chi connectivity index (χ1v) is 9.99. The Labute approximate surface area is 111 Å². The number of unbranched alkanes of at least 4 members (excludes halogenated alkanes) is 4. The van der Waals surface area contributed by atoms with E-state index in [2.05, 4.69) is 26.6 Å². The summed E-state index contributed by atoms with van der Waals surface area (Å²) in [6, 6.07) is 0. The lowest BCUT2D eigenvalue weighted by Crippen LogP contribution is -2.02. The summed E-state index contributed by atoms with van der Waals surface area (Å²) < 4.78 is 5.03. The number of carbonyl (C=O) groups is 1. The molecular formula is C12H28O3Si2. The van der Waals surface area contributed by atoms with Crippen molar-refractivity contribution in [3.8, 4) is 0 Å². The second-order valence-electron chi connectivity index (χ2n) is 4.36. The topological polar surface area (TPSA) is 46.5 Å². The summed E-state index contributed by atoms with van der Waals surface area (Å²) in [7, 11) is 0.347. The van der Waals surface area contributed by atoms with E-state index in [1.807, 2.05) is 0 Å². The Bertz CT molecular complexity index is 206. The minimum atomic E-state index is -0.856. The molecule has 0 aliphatic heterocycles. The van der Waals surface area contributed by atoms with Gasteiger partial charge >= 0.3 is 5.97 Å². The molecule has 0 aromatic carbocycles. The summed E-state index contributed by atoms with van der Waals surface area (Å²) in [6.45, 7) is 9.98. The van der Waals surface area contributed by atoms with E-state index < -0.39 is 15.0 Å². The molecule has 0 bridgehead atoms. The Morgan fingerprint density at radius 1 is 1.29 bits per heavy atom. The van der Waals surface area contributed by atoms with E-state index in [4.69, 9.17) is 9.22 Å². The maximum Gasteiger partial charge on any atom is 0.330 e. The predicted octanol–water partition coefficient (Wildman–Crippen LogP) is 2.25. The molecule has 0 saturated heterocycles. The molecule has 0 aliphatic rings. The van der Waals surface area contributed by atoms with Gasteiger partial charge in [-0.3, -0.25) is 0 Å². The van der Waals surface area contributed by atoms with Gasteiger partial charge in [-0.15, -0.1) is 0 Å². The lowest BCUT2D eigenvalue weighted by molar-refractivity contribution is -0.132. The third-order valence-corrected chi connectivity index (χ3v) is 6.13. The van der Waals surface area contributed by atoms with E-state index in [1.54, 1.807) is 0 Å². The molecule has 17 heavy (non-hydrogen) atoms. The molecule has 0 heterocycles. The molecule has 0 saturated carbocycles. The lowest BCUT2D eigenvalue weighted by Gasteiger charge is -1.99. The van der Waals surface area contributed by atoms with Crippen molar-refractivity contribution in [2.24, 2.45) is 0 Å². The normalized spacial score (nSPS) is 9.88. The van der Waals surface area contributed by atoms with Gasteiger partial charge in [0.05, 0.1) is 0 Å². The Morgan fingerprint density at radius 3 is 2.12 bits per heavy atom. The second-order valence-corrected chi connectivity index (χ2v) is 8.34. The van der Waals surface area contributed by atoms with Crippen molar-refractivity contribution in [2.45, 2.75) is 58.5 Å². The van der Waals surface area contributed by atoms with E-state index in [-0.39, 0.29) is 0 Å². The molecule has 1 N–H and O–H groups in total. The van der Waals surface area contributed by atoms with Gasteiger partial charge in [0, 0.05) is 5.57 Å². The van der Waals surface area contributed by atoms with Crippen molar-refractivity contribution < 1.29 is 14.0 Å². The first-order chi connectivity index (χ1) is 7.95. The van der Waals surface area contributed by atoms with Crippen LogP contribution in [0.15, 0.2) is 12.2 Å². The monoisotopic (exact) mass is 276 g/mol. The third kappa shape index (κ3) is 18.2. The SMILES string of the molecule is C=C(CCCCCCC)C(=O)O.C[SiH](C)O[SiH3]. The van der Waals surface area contributed by atoms with Gasteiger partial charge < -0.3 is 9.22 Å². The highest BCUT2D eigenvalue weighted by atomic mass is 28.3. The number of rotatable bonds is 8. The van der Waals surface area contributed by atoms with E-state index >= 15 is 0 Å². The van der Waals surface area contributed by atoms with Gasteiger partial charge in [-0.1, -0.05) is 39.2 Å². The van der Waals surface area contributed by atoms with Gasteiger partial charge in [0.2, 0.25) is 0 Å². The van der Waals surface area contributed by atoms with Gasteiger partial charge in [-0.2, -0.15) is 0 Å². The molecule has 0 aromatic heterocycles. The Hall–Kier alpha value is -0.396. The number of hydrogen-bond donors (Lipinski definition) is 1. The molecule has 0 spiro atoms. The van der Waals surface area contributed by atoms with E-state index in [9.17, 15) is 4.79 Å². The minimum absolute atomic E-state index is 0.339. The zero-order valence-corrected chi connectivity index (χ0v) is 14.9. The summed E-state index contributed by atoms with van der Waals surface area (Å²) in [6.07, 6.45) is 6.41. The van der Waals surface area contributed by atoms with Gasteiger partial charge in [0.1, 0.15) is 10.5 Å². The van der Waals surface area contributed by atoms with Crippen LogP contribution in [0.3, 0.4) is 0 Å². The number of carboxylic acids is 1. The first kappa shape index (κ1) is 19.0. The summed E-state index contributed by atoms with van der Waals surface area (Å²) in [4.78, 5) is 10.3. The van der Waals surface area contributed by atoms with Crippen LogP contribution in [-0.2, 0) is 8.91 Å². The zero-order chi connectivity index (χ0) is 13.7. The van der Waals surface area contributed by atoms with Crippen molar-refractivity contribution >= 4 is 25.5 Å². The fraction of sp³-hybridized carbons (Fsp3) is 0.750. The Balaban J connectivity index is 0. The fourth-order valence-electron chi connectivity index (χ4n) is 1.05. The average Bonchev–Trinajstić information content (AvgIpc) is 2.29. The molecule has 0 fully saturated rings. The lowest BCUT2D eigenvalue weighted by atomic mass is 10.1. The van der Waals surface area contributed by atoms with Crippen LogP contribution >= 0.6 is 0 Å². The molecule has 102 valence electrons. The fourth-order valence-corrected chi connectivity index (χ4v) is 1.05. The largest absolute Gasteiger partial charge is 0.478 e. The van der Waals surface area contributed by atoms with E-state index in [0.29, 0.717) is 12.0 Å². The molecular weight excluding hydrogens is 248 g/mol. The summed E-state index contributed by atoms with van der Waals surface area (Å²) in [5.41, 5.74) is 0.339. The van der Waals surface area contributed by atoms with E-state index in [0.717, 1.165) is 23.3 Å². The van der Waals surface area contributed by atoms with Crippen LogP contribution in [0.1, 0.15) is 45.4 Å². The number of aliphatic carboxylic acids is 1. The van der Waals surface area contributed by atoms with Crippen LogP contribution in [-0.4, -0.2) is 30.6 Å². The quantitative estimate of drug-likeness (QED) is 0.420. The molecule has 0 atom stereocenters. The molecule has 0 aromatic rings. The van der Waals surface area contributed by atoms with Crippen molar-refractivity contribution in [3.63, 3.8) is 0 Å². The predicted molar refractivity (Wildman–Crippen MR) is 80.1 cm³/mol. The molecule has 0 unspecified atom stereocenters. The van der Waals surface area contributed by atoms with Crippen LogP contribution in [0, 0.1) is 0 Å². The molecule has 0 radical (unpaired) electrons. The van der Waals surface area contributed by atoms with Gasteiger partial charge in [-0.05, 0) is 25.9 Å². The van der Waals surface area contributed by atoms with Crippen LogP contribution in [0.25, 0.3) is 0 Å². The van der Waals surface area contributed by atoms with Crippen molar-refractivity contribution in [1.29, 1.82) is 0 Å². The smallest absolute Gasteiger partial charge is 0.330 e. The number of carboxylic acid groups (broad SMARTS) is 1. The van der Waals surface area contributed by atoms with Crippen LogP contribution in [0.4, 0.5) is 0 Å². The van der Waals surface area contributed by atoms with Gasteiger partial charge in [0.15, 0.2) is 9.04 Å². The third-order valence-electron chi connectivity index (χ3n) is 2.36. The van der Waals surface area contributed by atoms with Crippen LogP contribution in [0.5, 0.6) is 0 Å². The maximum atomic E-state index is 10.3. The second kappa shape index (κ2) is 13.7.